The van der Waals surface area contributed by atoms with Gasteiger partial charge in [0.05, 0.1) is 5.56 Å². The number of nitrogens with zero attached hydrogens (tertiary/aromatic N) is 1. The zero-order valence-electron chi connectivity index (χ0n) is 11.7. The van der Waals surface area contributed by atoms with Crippen molar-refractivity contribution in [2.45, 2.75) is 32.7 Å². The van der Waals surface area contributed by atoms with E-state index in [-0.39, 0.29) is 18.5 Å². The first-order chi connectivity index (χ1) is 9.49. The minimum atomic E-state index is -1.01. The topological polar surface area (TPSA) is 80.0 Å². The third-order valence-corrected chi connectivity index (χ3v) is 3.47. The van der Waals surface area contributed by atoms with E-state index in [0.717, 1.165) is 0 Å². The van der Waals surface area contributed by atoms with Gasteiger partial charge in [-0.3, -0.25) is 9.59 Å². The van der Waals surface area contributed by atoms with Gasteiger partial charge in [0.1, 0.15) is 18.1 Å². The van der Waals surface area contributed by atoms with E-state index in [1.807, 2.05) is 0 Å². The number of rotatable bonds is 4. The Bertz CT molecular complexity index is 502. The highest BCUT2D eigenvalue weighted by Crippen LogP contribution is 2.21. The number of ether oxygens (including phenoxy) is 1. The van der Waals surface area contributed by atoms with Gasteiger partial charge in [0.15, 0.2) is 0 Å². The van der Waals surface area contributed by atoms with E-state index >= 15 is 0 Å². The van der Waals surface area contributed by atoms with Gasteiger partial charge < -0.3 is 19.2 Å². The zero-order valence-corrected chi connectivity index (χ0v) is 11.7. The molecule has 1 N–H and O–H groups in total. The number of aryl methyl sites for hydroxylation is 2. The molecule has 0 unspecified atom stereocenters. The lowest BCUT2D eigenvalue weighted by Crippen LogP contribution is -2.46. The fourth-order valence-corrected chi connectivity index (χ4v) is 2.51. The smallest absolute Gasteiger partial charge is 0.323 e. The molecule has 1 aromatic rings. The Labute approximate surface area is 117 Å². The molecule has 2 heterocycles. The fourth-order valence-electron chi connectivity index (χ4n) is 2.51. The second-order valence-electron chi connectivity index (χ2n) is 5.00. The second-order valence-corrected chi connectivity index (χ2v) is 5.00. The summed E-state index contributed by atoms with van der Waals surface area (Å²) in [5.41, 5.74) is 0.440. The molecule has 0 radical (unpaired) electrons. The first-order valence-corrected chi connectivity index (χ1v) is 6.66. The van der Waals surface area contributed by atoms with Gasteiger partial charge in [-0.05, 0) is 32.8 Å². The van der Waals surface area contributed by atoms with Crippen LogP contribution in [0, 0.1) is 13.8 Å². The molecule has 0 saturated carbocycles. The van der Waals surface area contributed by atoms with Crippen molar-refractivity contribution in [1.29, 1.82) is 0 Å². The SMILES string of the molecule is Cc1cc(C(=O)N(CC(=O)O)C2CCOCC2)c(C)o1. The number of hydrogen-bond donors (Lipinski definition) is 1. The summed E-state index contributed by atoms with van der Waals surface area (Å²) in [5, 5.41) is 9.04. The van der Waals surface area contributed by atoms with E-state index in [1.54, 1.807) is 19.9 Å². The molecule has 1 fully saturated rings. The predicted molar refractivity (Wildman–Crippen MR) is 70.7 cm³/mol. The number of carbonyl (C=O) groups excluding carboxylic acids is 1. The molecule has 1 aromatic heterocycles. The summed E-state index contributed by atoms with van der Waals surface area (Å²) >= 11 is 0. The van der Waals surface area contributed by atoms with E-state index in [9.17, 15) is 9.59 Å². The Hall–Kier alpha value is -1.82. The monoisotopic (exact) mass is 281 g/mol. The maximum absolute atomic E-state index is 12.6. The van der Waals surface area contributed by atoms with Gasteiger partial charge in [-0.25, -0.2) is 0 Å². The summed E-state index contributed by atoms with van der Waals surface area (Å²) in [6, 6.07) is 1.56. The van der Waals surface area contributed by atoms with Gasteiger partial charge in [-0.15, -0.1) is 0 Å². The Kier molecular flexibility index (Phi) is 4.44. The van der Waals surface area contributed by atoms with Crippen molar-refractivity contribution in [3.8, 4) is 0 Å². The van der Waals surface area contributed by atoms with Crippen molar-refractivity contribution in [3.05, 3.63) is 23.2 Å². The van der Waals surface area contributed by atoms with E-state index in [1.165, 1.54) is 4.90 Å². The summed E-state index contributed by atoms with van der Waals surface area (Å²) in [6.07, 6.45) is 1.32. The second kappa shape index (κ2) is 6.09. The van der Waals surface area contributed by atoms with Crippen LogP contribution in [0.4, 0.5) is 0 Å². The Morgan fingerprint density at radius 2 is 2.00 bits per heavy atom. The quantitative estimate of drug-likeness (QED) is 0.906. The summed E-state index contributed by atoms with van der Waals surface area (Å²) in [6.45, 7) is 4.28. The van der Waals surface area contributed by atoms with Crippen LogP contribution in [0.1, 0.15) is 34.7 Å². The number of carboxylic acids is 1. The van der Waals surface area contributed by atoms with Crippen LogP contribution in [0.5, 0.6) is 0 Å². The van der Waals surface area contributed by atoms with Gasteiger partial charge in [0.25, 0.3) is 5.91 Å². The van der Waals surface area contributed by atoms with Crippen LogP contribution in [-0.2, 0) is 9.53 Å². The molecule has 0 atom stereocenters. The van der Waals surface area contributed by atoms with Crippen molar-refractivity contribution >= 4 is 11.9 Å². The maximum atomic E-state index is 12.6. The molecule has 1 aliphatic rings. The largest absolute Gasteiger partial charge is 0.480 e. The van der Waals surface area contributed by atoms with Crippen molar-refractivity contribution in [2.24, 2.45) is 0 Å². The minimum absolute atomic E-state index is 0.0954. The number of amides is 1. The molecule has 0 aliphatic carbocycles. The van der Waals surface area contributed by atoms with Gasteiger partial charge in [0.2, 0.25) is 0 Å². The van der Waals surface area contributed by atoms with Crippen LogP contribution in [0.3, 0.4) is 0 Å². The van der Waals surface area contributed by atoms with E-state index in [0.29, 0.717) is 43.1 Å². The van der Waals surface area contributed by atoms with Crippen LogP contribution in [0.25, 0.3) is 0 Å². The van der Waals surface area contributed by atoms with Crippen molar-refractivity contribution < 1.29 is 23.8 Å². The Morgan fingerprint density at radius 1 is 1.35 bits per heavy atom. The van der Waals surface area contributed by atoms with Gasteiger partial charge >= 0.3 is 5.97 Å². The summed E-state index contributed by atoms with van der Waals surface area (Å²) in [7, 11) is 0. The Morgan fingerprint density at radius 3 is 2.50 bits per heavy atom. The number of furan rings is 1. The molecule has 20 heavy (non-hydrogen) atoms. The molecule has 110 valence electrons. The molecular weight excluding hydrogens is 262 g/mol. The van der Waals surface area contributed by atoms with E-state index in [4.69, 9.17) is 14.3 Å². The zero-order chi connectivity index (χ0) is 14.7. The molecule has 1 amide bonds. The van der Waals surface area contributed by atoms with Crippen LogP contribution >= 0.6 is 0 Å². The molecule has 1 aliphatic heterocycles. The third-order valence-electron chi connectivity index (χ3n) is 3.47. The minimum Gasteiger partial charge on any atom is -0.480 e. The molecule has 6 heteroatoms. The Balaban J connectivity index is 2.23. The first kappa shape index (κ1) is 14.6. The average Bonchev–Trinajstić information content (AvgIpc) is 2.75. The standard InChI is InChI=1S/C14H19NO5/c1-9-7-12(10(2)20-9)14(18)15(8-13(16)17)11-3-5-19-6-4-11/h7,11H,3-6,8H2,1-2H3,(H,16,17). The lowest BCUT2D eigenvalue weighted by molar-refractivity contribution is -0.138. The van der Waals surface area contributed by atoms with E-state index in [2.05, 4.69) is 0 Å². The van der Waals surface area contributed by atoms with Crippen molar-refractivity contribution in [1.82, 2.24) is 4.90 Å². The molecular formula is C14H19NO5. The van der Waals surface area contributed by atoms with Crippen LogP contribution in [0.15, 0.2) is 10.5 Å². The highest BCUT2D eigenvalue weighted by molar-refractivity contribution is 5.97. The van der Waals surface area contributed by atoms with Gasteiger partial charge in [-0.2, -0.15) is 0 Å². The highest BCUT2D eigenvalue weighted by atomic mass is 16.5. The molecule has 1 saturated heterocycles. The number of aliphatic carboxylic acids is 1. The fraction of sp³-hybridized carbons (Fsp3) is 0.571. The van der Waals surface area contributed by atoms with Crippen molar-refractivity contribution in [2.75, 3.05) is 19.8 Å². The summed E-state index contributed by atoms with van der Waals surface area (Å²) in [4.78, 5) is 25.0. The molecule has 0 bridgehead atoms. The number of hydrogen-bond acceptors (Lipinski definition) is 4. The number of carbonyl (C=O) groups is 2. The summed E-state index contributed by atoms with van der Waals surface area (Å²) in [5.74, 6) is -0.126. The van der Waals surface area contributed by atoms with Crippen LogP contribution < -0.4 is 0 Å². The van der Waals surface area contributed by atoms with Gasteiger partial charge in [0, 0.05) is 19.3 Å². The third kappa shape index (κ3) is 3.19. The van der Waals surface area contributed by atoms with E-state index < -0.39 is 5.97 Å². The highest BCUT2D eigenvalue weighted by Gasteiger charge is 2.30. The first-order valence-electron chi connectivity index (χ1n) is 6.66. The number of carboxylic acid groups (broad SMARTS) is 1. The van der Waals surface area contributed by atoms with Crippen LogP contribution in [-0.4, -0.2) is 47.7 Å². The normalized spacial score (nSPS) is 16.1. The lowest BCUT2D eigenvalue weighted by Gasteiger charge is -2.33. The predicted octanol–water partition coefficient (Wildman–Crippen LogP) is 1.60. The summed E-state index contributed by atoms with van der Waals surface area (Å²) < 4.78 is 10.6. The van der Waals surface area contributed by atoms with Gasteiger partial charge in [-0.1, -0.05) is 0 Å². The maximum Gasteiger partial charge on any atom is 0.323 e. The van der Waals surface area contributed by atoms with Crippen molar-refractivity contribution in [3.63, 3.8) is 0 Å². The molecule has 6 nitrogen and oxygen atoms in total. The lowest BCUT2D eigenvalue weighted by atomic mass is 10.1. The average molecular weight is 281 g/mol. The molecule has 2 rings (SSSR count). The molecule has 0 spiro atoms. The van der Waals surface area contributed by atoms with Crippen LogP contribution in [0.2, 0.25) is 0 Å². The molecule has 0 aromatic carbocycles.